The maximum Gasteiger partial charge on any atom is 0.242 e. The lowest BCUT2D eigenvalue weighted by Gasteiger charge is -2.26. The lowest BCUT2D eigenvalue weighted by atomic mass is 9.94. The van der Waals surface area contributed by atoms with Gasteiger partial charge in [0.2, 0.25) is 5.91 Å². The maximum absolute atomic E-state index is 11.8. The Bertz CT molecular complexity index is 246. The third kappa shape index (κ3) is 4.28. The second kappa shape index (κ2) is 6.38. The molecule has 0 unspecified atom stereocenters. The molecule has 5 heteroatoms. The van der Waals surface area contributed by atoms with Gasteiger partial charge in [0, 0.05) is 20.2 Å². The number of nitriles is 1. The van der Waals surface area contributed by atoms with Crippen molar-refractivity contribution in [2.24, 2.45) is 5.41 Å². The number of carbonyl (C=O) groups excluding carboxylic acids is 1. The minimum absolute atomic E-state index is 0.114. The van der Waals surface area contributed by atoms with Crippen molar-refractivity contribution >= 4 is 5.91 Å². The third-order valence-electron chi connectivity index (χ3n) is 2.04. The number of amides is 1. The lowest BCUT2D eigenvalue weighted by molar-refractivity contribution is -0.138. The smallest absolute Gasteiger partial charge is 0.242 e. The molecule has 0 atom stereocenters. The largest absolute Gasteiger partial charge is 0.395 e. The molecule has 0 saturated carbocycles. The van der Waals surface area contributed by atoms with E-state index in [0.29, 0.717) is 13.2 Å². The molecule has 0 radical (unpaired) electrons. The zero-order valence-electron chi connectivity index (χ0n) is 9.49. The Morgan fingerprint density at radius 1 is 1.53 bits per heavy atom. The molecule has 0 aliphatic rings. The fraction of sp³-hybridized carbons (Fsp3) is 0.800. The number of hydrogen-bond acceptors (Lipinski definition) is 4. The van der Waals surface area contributed by atoms with E-state index in [4.69, 9.17) is 15.1 Å². The predicted molar refractivity (Wildman–Crippen MR) is 54.9 cm³/mol. The molecule has 0 spiro atoms. The first-order valence-electron chi connectivity index (χ1n) is 4.80. The van der Waals surface area contributed by atoms with E-state index in [1.54, 1.807) is 13.8 Å². The van der Waals surface area contributed by atoms with E-state index in [1.165, 1.54) is 12.0 Å². The SMILES string of the molecule is COCCN(CCO)C(=O)C(C)(C)C#N. The van der Waals surface area contributed by atoms with Crippen LogP contribution in [0.1, 0.15) is 13.8 Å². The zero-order chi connectivity index (χ0) is 11.9. The first-order chi connectivity index (χ1) is 6.99. The van der Waals surface area contributed by atoms with Gasteiger partial charge in [-0.2, -0.15) is 5.26 Å². The number of aliphatic hydroxyl groups is 1. The van der Waals surface area contributed by atoms with Gasteiger partial charge in [0.25, 0.3) is 0 Å². The van der Waals surface area contributed by atoms with Gasteiger partial charge in [-0.3, -0.25) is 4.79 Å². The normalized spacial score (nSPS) is 10.9. The quantitative estimate of drug-likeness (QED) is 0.675. The number of methoxy groups -OCH3 is 1. The number of nitrogens with zero attached hydrogens (tertiary/aromatic N) is 2. The highest BCUT2D eigenvalue weighted by atomic mass is 16.5. The van der Waals surface area contributed by atoms with Crippen LogP contribution >= 0.6 is 0 Å². The Morgan fingerprint density at radius 3 is 2.53 bits per heavy atom. The van der Waals surface area contributed by atoms with Crippen molar-refractivity contribution in [3.8, 4) is 6.07 Å². The van der Waals surface area contributed by atoms with E-state index in [2.05, 4.69) is 0 Å². The van der Waals surface area contributed by atoms with Crippen LogP contribution in [0.25, 0.3) is 0 Å². The molecule has 0 rings (SSSR count). The summed E-state index contributed by atoms with van der Waals surface area (Å²) in [5.41, 5.74) is -1.05. The first-order valence-corrected chi connectivity index (χ1v) is 4.80. The van der Waals surface area contributed by atoms with Crippen molar-refractivity contribution in [1.29, 1.82) is 5.26 Å². The van der Waals surface area contributed by atoms with Crippen LogP contribution in [-0.2, 0) is 9.53 Å². The third-order valence-corrected chi connectivity index (χ3v) is 2.04. The summed E-state index contributed by atoms with van der Waals surface area (Å²) in [5, 5.41) is 17.6. The summed E-state index contributed by atoms with van der Waals surface area (Å²) in [5.74, 6) is -0.281. The van der Waals surface area contributed by atoms with Crippen molar-refractivity contribution in [2.45, 2.75) is 13.8 Å². The highest BCUT2D eigenvalue weighted by Gasteiger charge is 2.31. The Kier molecular flexibility index (Phi) is 5.90. The highest BCUT2D eigenvalue weighted by Crippen LogP contribution is 2.17. The molecular formula is C10H18N2O3. The van der Waals surface area contributed by atoms with Crippen LogP contribution in [0.5, 0.6) is 0 Å². The van der Waals surface area contributed by atoms with Gasteiger partial charge in [0.1, 0.15) is 5.41 Å². The summed E-state index contributed by atoms with van der Waals surface area (Å²) in [6.07, 6.45) is 0. The van der Waals surface area contributed by atoms with Gasteiger partial charge >= 0.3 is 0 Å². The second-order valence-corrected chi connectivity index (χ2v) is 3.75. The Labute approximate surface area is 90.2 Å². The Morgan fingerprint density at radius 2 is 2.13 bits per heavy atom. The number of ether oxygens (including phenoxy) is 1. The van der Waals surface area contributed by atoms with Crippen molar-refractivity contribution in [2.75, 3.05) is 33.4 Å². The lowest BCUT2D eigenvalue weighted by Crippen LogP contribution is -2.43. The Hall–Kier alpha value is -1.12. The highest BCUT2D eigenvalue weighted by molar-refractivity contribution is 5.84. The summed E-state index contributed by atoms with van der Waals surface area (Å²) >= 11 is 0. The maximum atomic E-state index is 11.8. The summed E-state index contributed by atoms with van der Waals surface area (Å²) in [4.78, 5) is 13.3. The first kappa shape index (κ1) is 13.9. The molecule has 0 fully saturated rings. The van der Waals surface area contributed by atoms with Gasteiger partial charge in [-0.05, 0) is 13.8 Å². The summed E-state index contributed by atoms with van der Waals surface area (Å²) in [6, 6.07) is 1.94. The van der Waals surface area contributed by atoms with Gasteiger partial charge in [0.15, 0.2) is 0 Å². The molecule has 0 heterocycles. The number of hydrogen-bond donors (Lipinski definition) is 1. The molecule has 86 valence electrons. The van der Waals surface area contributed by atoms with E-state index < -0.39 is 5.41 Å². The van der Waals surface area contributed by atoms with E-state index in [1.807, 2.05) is 6.07 Å². The van der Waals surface area contributed by atoms with Crippen LogP contribution in [0.3, 0.4) is 0 Å². The van der Waals surface area contributed by atoms with Crippen LogP contribution < -0.4 is 0 Å². The zero-order valence-corrected chi connectivity index (χ0v) is 9.49. The standard InChI is InChI=1S/C10H18N2O3/c1-10(2,8-11)9(14)12(4-6-13)5-7-15-3/h13H,4-7H2,1-3H3. The van der Waals surface area contributed by atoms with Crippen LogP contribution in [0.15, 0.2) is 0 Å². The van der Waals surface area contributed by atoms with Gasteiger partial charge < -0.3 is 14.7 Å². The topological polar surface area (TPSA) is 73.6 Å². The van der Waals surface area contributed by atoms with Gasteiger partial charge in [0.05, 0.1) is 19.3 Å². The average molecular weight is 214 g/mol. The van der Waals surface area contributed by atoms with Gasteiger partial charge in [-0.1, -0.05) is 0 Å². The van der Waals surface area contributed by atoms with Crippen LogP contribution in [0, 0.1) is 16.7 Å². The summed E-state index contributed by atoms with van der Waals surface area (Å²) in [7, 11) is 1.54. The molecule has 0 aliphatic carbocycles. The van der Waals surface area contributed by atoms with Crippen molar-refractivity contribution in [3.05, 3.63) is 0 Å². The van der Waals surface area contributed by atoms with Crippen LogP contribution in [-0.4, -0.2) is 49.3 Å². The number of aliphatic hydroxyl groups excluding tert-OH is 1. The van der Waals surface area contributed by atoms with E-state index in [9.17, 15) is 4.79 Å². The molecule has 0 aromatic heterocycles. The van der Waals surface area contributed by atoms with E-state index >= 15 is 0 Å². The Balaban J connectivity index is 4.49. The average Bonchev–Trinajstić information content (AvgIpc) is 2.23. The van der Waals surface area contributed by atoms with Crippen molar-refractivity contribution < 1.29 is 14.6 Å². The molecule has 1 amide bonds. The van der Waals surface area contributed by atoms with Gasteiger partial charge in [-0.15, -0.1) is 0 Å². The molecule has 0 saturated heterocycles. The molecule has 1 N–H and O–H groups in total. The molecule has 0 bridgehead atoms. The molecule has 5 nitrogen and oxygen atoms in total. The van der Waals surface area contributed by atoms with Crippen LogP contribution in [0.4, 0.5) is 0 Å². The molecule has 0 aromatic carbocycles. The molecular weight excluding hydrogens is 196 g/mol. The fourth-order valence-corrected chi connectivity index (χ4v) is 1.08. The van der Waals surface area contributed by atoms with Gasteiger partial charge in [-0.25, -0.2) is 0 Å². The minimum atomic E-state index is -1.05. The van der Waals surface area contributed by atoms with Crippen molar-refractivity contribution in [3.63, 3.8) is 0 Å². The van der Waals surface area contributed by atoms with E-state index in [0.717, 1.165) is 0 Å². The second-order valence-electron chi connectivity index (χ2n) is 3.75. The van der Waals surface area contributed by atoms with Crippen molar-refractivity contribution in [1.82, 2.24) is 4.90 Å². The predicted octanol–water partition coefficient (Wildman–Crippen LogP) is 0.00348. The summed E-state index contributed by atoms with van der Waals surface area (Å²) in [6.45, 7) is 4.03. The number of rotatable bonds is 6. The molecule has 15 heavy (non-hydrogen) atoms. The fourth-order valence-electron chi connectivity index (χ4n) is 1.08. The number of carbonyl (C=O) groups is 1. The summed E-state index contributed by atoms with van der Waals surface area (Å²) < 4.78 is 4.86. The minimum Gasteiger partial charge on any atom is -0.395 e. The van der Waals surface area contributed by atoms with Crippen LogP contribution in [0.2, 0.25) is 0 Å². The van der Waals surface area contributed by atoms with E-state index in [-0.39, 0.29) is 19.1 Å². The molecule has 0 aromatic rings. The monoisotopic (exact) mass is 214 g/mol. The molecule has 0 aliphatic heterocycles.